The molecule has 4 rings (SSSR count). The van der Waals surface area contributed by atoms with E-state index < -0.39 is 18.4 Å². The number of aliphatic imine (C=N–C) groups is 2. The lowest BCUT2D eigenvalue weighted by atomic mass is 9.88. The van der Waals surface area contributed by atoms with Crippen molar-refractivity contribution in [1.29, 1.82) is 0 Å². The van der Waals surface area contributed by atoms with Gasteiger partial charge in [0.15, 0.2) is 5.78 Å². The fourth-order valence-electron chi connectivity index (χ4n) is 5.28. The van der Waals surface area contributed by atoms with E-state index in [1.807, 2.05) is 38.1 Å². The number of Topliss-reactive ketones (excluding diaryl/α,β-unsaturated/α-hetero) is 1. The largest absolute Gasteiger partial charge is 0.431 e. The quantitative estimate of drug-likeness (QED) is 0.216. The fourth-order valence-corrected chi connectivity index (χ4v) is 5.98. The maximum atomic E-state index is 13.4. The van der Waals surface area contributed by atoms with Gasteiger partial charge in [0, 0.05) is 35.7 Å². The highest BCUT2D eigenvalue weighted by Gasteiger charge is 2.38. The third-order valence-corrected chi connectivity index (χ3v) is 7.93. The molecule has 1 aliphatic heterocycles. The Balaban J connectivity index is 1.58. The lowest BCUT2D eigenvalue weighted by Gasteiger charge is -2.19. The number of halogens is 3. The molecule has 9 heteroatoms. The Morgan fingerprint density at radius 2 is 1.92 bits per heavy atom. The second-order valence-electron chi connectivity index (χ2n) is 10.4. The summed E-state index contributed by atoms with van der Waals surface area (Å²) in [4.78, 5) is 27.3. The molecule has 1 aliphatic rings. The van der Waals surface area contributed by atoms with E-state index in [0.717, 1.165) is 36.1 Å². The fraction of sp³-hybridized carbons (Fsp3) is 0.517. The number of hydrogen-bond acceptors (Lipinski definition) is 5. The number of ketones is 1. The molecule has 5 nitrogen and oxygen atoms in total. The van der Waals surface area contributed by atoms with Gasteiger partial charge in [-0.05, 0) is 60.7 Å². The number of carbonyl (C=O) groups excluding carboxylic acids is 1. The molecule has 0 amide bonds. The van der Waals surface area contributed by atoms with Crippen LogP contribution < -0.4 is 0 Å². The molecule has 3 heterocycles. The maximum Gasteiger partial charge on any atom is 0.431 e. The summed E-state index contributed by atoms with van der Waals surface area (Å²) in [6.07, 6.45) is -0.554. The molecule has 0 N–H and O–H groups in total. The first-order valence-electron chi connectivity index (χ1n) is 13.3. The zero-order valence-electron chi connectivity index (χ0n) is 22.4. The molecular weight excluding hydrogens is 509 g/mol. The minimum Gasteiger partial charge on any atom is -0.325 e. The van der Waals surface area contributed by atoms with Gasteiger partial charge in [-0.25, -0.2) is 9.98 Å². The van der Waals surface area contributed by atoms with Crippen molar-refractivity contribution in [1.82, 2.24) is 9.55 Å². The average molecular weight is 545 g/mol. The summed E-state index contributed by atoms with van der Waals surface area (Å²) in [7, 11) is 0. The molecule has 1 aromatic carbocycles. The number of carbonyl (C=O) groups is 1. The zero-order valence-corrected chi connectivity index (χ0v) is 23.2. The van der Waals surface area contributed by atoms with Crippen molar-refractivity contribution < 1.29 is 18.0 Å². The predicted molar refractivity (Wildman–Crippen MR) is 149 cm³/mol. The zero-order chi connectivity index (χ0) is 27.4. The van der Waals surface area contributed by atoms with Gasteiger partial charge >= 0.3 is 6.18 Å². The van der Waals surface area contributed by atoms with Gasteiger partial charge < -0.3 is 4.57 Å². The van der Waals surface area contributed by atoms with E-state index in [1.54, 1.807) is 11.3 Å². The number of imidazole rings is 1. The Bertz CT molecular complexity index is 1320. The number of thiophene rings is 1. The number of hydrogen-bond donors (Lipinski definition) is 0. The first-order valence-corrected chi connectivity index (χ1v) is 14.2. The van der Waals surface area contributed by atoms with Crippen LogP contribution in [-0.2, 0) is 6.42 Å². The van der Waals surface area contributed by atoms with Crippen molar-refractivity contribution >= 4 is 39.7 Å². The van der Waals surface area contributed by atoms with Crippen LogP contribution in [-0.4, -0.2) is 39.6 Å². The predicted octanol–water partition coefficient (Wildman–Crippen LogP) is 8.09. The van der Waals surface area contributed by atoms with Crippen LogP contribution in [0.25, 0.3) is 11.0 Å². The summed E-state index contributed by atoms with van der Waals surface area (Å²) in [5.74, 6) is 1.31. The van der Waals surface area contributed by atoms with E-state index >= 15 is 0 Å². The summed E-state index contributed by atoms with van der Waals surface area (Å²) in [5, 5.41) is 2.07. The van der Waals surface area contributed by atoms with Crippen LogP contribution in [0.3, 0.4) is 0 Å². The van der Waals surface area contributed by atoms with Crippen LogP contribution in [0.5, 0.6) is 0 Å². The van der Waals surface area contributed by atoms with Crippen LogP contribution >= 0.6 is 11.3 Å². The number of alkyl halides is 3. The SMILES string of the molecule is CCC(CC)n1c(Cc2cccs2)nc2cc(C(=O)C[C@H](CC3=NCC(C(F)(F)F)=N3)CC(C)C)ccc21. The first-order chi connectivity index (χ1) is 18.1. The van der Waals surface area contributed by atoms with E-state index in [2.05, 4.69) is 39.8 Å². The Labute approximate surface area is 225 Å². The van der Waals surface area contributed by atoms with Gasteiger partial charge in [0.05, 0.1) is 17.6 Å². The van der Waals surface area contributed by atoms with Crippen LogP contribution in [0.15, 0.2) is 45.7 Å². The molecule has 3 aromatic rings. The molecule has 2 aromatic heterocycles. The van der Waals surface area contributed by atoms with E-state index in [9.17, 15) is 18.0 Å². The van der Waals surface area contributed by atoms with Crippen molar-refractivity contribution in [2.24, 2.45) is 21.8 Å². The molecule has 0 unspecified atom stereocenters. The Kier molecular flexibility index (Phi) is 8.85. The monoisotopic (exact) mass is 544 g/mol. The summed E-state index contributed by atoms with van der Waals surface area (Å²) in [6.45, 7) is 8.01. The molecule has 0 aliphatic carbocycles. The molecule has 204 valence electrons. The summed E-state index contributed by atoms with van der Waals surface area (Å²) in [6, 6.07) is 10.2. The number of fused-ring (bicyclic) bond motifs is 1. The van der Waals surface area contributed by atoms with Gasteiger partial charge in [-0.3, -0.25) is 9.79 Å². The average Bonchev–Trinajstić information content (AvgIpc) is 3.60. The molecule has 38 heavy (non-hydrogen) atoms. The van der Waals surface area contributed by atoms with Crippen LogP contribution in [0.4, 0.5) is 13.2 Å². The number of aromatic nitrogens is 2. The third kappa shape index (κ3) is 6.60. The molecule has 0 radical (unpaired) electrons. The minimum atomic E-state index is -4.47. The van der Waals surface area contributed by atoms with Gasteiger partial charge in [-0.2, -0.15) is 13.2 Å². The van der Waals surface area contributed by atoms with Gasteiger partial charge in [0.2, 0.25) is 0 Å². The first kappa shape index (κ1) is 28.2. The van der Waals surface area contributed by atoms with Crippen molar-refractivity contribution in [2.75, 3.05) is 6.54 Å². The topological polar surface area (TPSA) is 59.6 Å². The standard InChI is InChI=1S/C29H35F3N4OS/c1-5-21(6-2)36-24-10-9-20(15-23(24)34-28(36)16-22-8-7-11-38-22)25(37)13-19(12-18(3)4)14-27-33-17-26(35-27)29(30,31)32/h7-11,15,18-19,21H,5-6,12-14,16-17H2,1-4H3/t19-/m1/s1. The second-order valence-corrected chi connectivity index (χ2v) is 11.5. The van der Waals surface area contributed by atoms with Crippen LogP contribution in [0, 0.1) is 11.8 Å². The Hall–Kier alpha value is -2.81. The van der Waals surface area contributed by atoms with Crippen LogP contribution in [0.1, 0.15) is 86.9 Å². The molecule has 0 spiro atoms. The molecule has 0 fully saturated rings. The van der Waals surface area contributed by atoms with Crippen LogP contribution in [0.2, 0.25) is 0 Å². The maximum absolute atomic E-state index is 13.4. The Morgan fingerprint density at radius 3 is 2.53 bits per heavy atom. The van der Waals surface area contributed by atoms with E-state index in [0.29, 0.717) is 23.9 Å². The molecule has 0 saturated heterocycles. The number of benzene rings is 1. The van der Waals surface area contributed by atoms with Crippen molar-refractivity contribution in [2.45, 2.75) is 78.4 Å². The highest BCUT2D eigenvalue weighted by Crippen LogP contribution is 2.30. The normalized spacial score (nSPS) is 15.0. The lowest BCUT2D eigenvalue weighted by molar-refractivity contribution is -0.0592. The van der Waals surface area contributed by atoms with E-state index in [4.69, 9.17) is 4.98 Å². The van der Waals surface area contributed by atoms with Gasteiger partial charge in [0.25, 0.3) is 0 Å². The molecule has 1 atom stereocenters. The molecular formula is C29H35F3N4OS. The highest BCUT2D eigenvalue weighted by atomic mass is 32.1. The molecule has 0 saturated carbocycles. The van der Waals surface area contributed by atoms with Crippen molar-refractivity contribution in [3.8, 4) is 0 Å². The summed E-state index contributed by atoms with van der Waals surface area (Å²) in [5.41, 5.74) is 1.54. The van der Waals surface area contributed by atoms with Gasteiger partial charge in [-0.1, -0.05) is 33.8 Å². The van der Waals surface area contributed by atoms with Crippen molar-refractivity contribution in [3.63, 3.8) is 0 Å². The van der Waals surface area contributed by atoms with E-state index in [1.165, 1.54) is 4.88 Å². The minimum absolute atomic E-state index is 0.0342. The summed E-state index contributed by atoms with van der Waals surface area (Å²) < 4.78 is 41.3. The highest BCUT2D eigenvalue weighted by molar-refractivity contribution is 7.09. The molecule has 0 bridgehead atoms. The van der Waals surface area contributed by atoms with Gasteiger partial charge in [-0.15, -0.1) is 11.3 Å². The number of nitrogens with zero attached hydrogens (tertiary/aromatic N) is 4. The van der Waals surface area contributed by atoms with Gasteiger partial charge in [0.1, 0.15) is 17.4 Å². The number of rotatable bonds is 12. The van der Waals surface area contributed by atoms with E-state index in [-0.39, 0.29) is 30.4 Å². The third-order valence-electron chi connectivity index (χ3n) is 7.06. The lowest BCUT2D eigenvalue weighted by Crippen LogP contribution is -2.23. The Morgan fingerprint density at radius 1 is 1.16 bits per heavy atom. The number of amidine groups is 1. The smallest absolute Gasteiger partial charge is 0.325 e. The second kappa shape index (κ2) is 11.9. The summed E-state index contributed by atoms with van der Waals surface area (Å²) >= 11 is 1.71. The van der Waals surface area contributed by atoms with Crippen molar-refractivity contribution in [3.05, 3.63) is 52.0 Å².